The molecule has 0 radical (unpaired) electrons. The number of benzene rings is 2. The molecule has 0 spiro atoms. The van der Waals surface area contributed by atoms with Crippen molar-refractivity contribution in [3.05, 3.63) is 71.7 Å². The maximum Gasteiger partial charge on any atom is 0.264 e. The summed E-state index contributed by atoms with van der Waals surface area (Å²) in [6.07, 6.45) is 4.25. The van der Waals surface area contributed by atoms with Gasteiger partial charge in [-0.25, -0.2) is 8.78 Å². The van der Waals surface area contributed by atoms with E-state index in [1.807, 2.05) is 42.9 Å². The molecule has 36 heavy (non-hydrogen) atoms. The number of aromatic nitrogens is 3. The lowest BCUT2D eigenvalue weighted by Crippen LogP contribution is -2.25. The van der Waals surface area contributed by atoms with Gasteiger partial charge in [0.1, 0.15) is 0 Å². The highest BCUT2D eigenvalue weighted by Crippen LogP contribution is 2.43. The fraction of sp³-hybridized carbons (Fsp3) is 0.286. The molecule has 0 unspecified atom stereocenters. The number of anilines is 2. The van der Waals surface area contributed by atoms with E-state index in [0.717, 1.165) is 51.8 Å². The number of hydrogen-bond donors (Lipinski definition) is 1. The van der Waals surface area contributed by atoms with E-state index in [1.165, 1.54) is 0 Å². The summed E-state index contributed by atoms with van der Waals surface area (Å²) in [5.41, 5.74) is 7.10. The fourth-order valence-electron chi connectivity index (χ4n) is 5.24. The van der Waals surface area contributed by atoms with E-state index in [0.29, 0.717) is 23.2 Å². The summed E-state index contributed by atoms with van der Waals surface area (Å²) in [6, 6.07) is 7.54. The molecule has 0 fully saturated rings. The Balaban J connectivity index is 0.00000320. The molecule has 1 amide bonds. The van der Waals surface area contributed by atoms with Crippen LogP contribution in [0.15, 0.2) is 49.4 Å². The van der Waals surface area contributed by atoms with Crippen molar-refractivity contribution >= 4 is 33.8 Å². The lowest BCUT2D eigenvalue weighted by atomic mass is 9.92. The number of carbonyl (C=O) groups is 1. The molecular formula is C28H31F2N5O. The Bertz CT molecular complexity index is 1520. The van der Waals surface area contributed by atoms with Crippen molar-refractivity contribution in [1.82, 2.24) is 19.7 Å². The molecule has 0 saturated carbocycles. The molecule has 0 saturated heterocycles. The maximum atomic E-state index is 14.3. The second-order valence-electron chi connectivity index (χ2n) is 9.43. The quantitative estimate of drug-likeness (QED) is 0.360. The molecule has 1 aliphatic heterocycles. The van der Waals surface area contributed by atoms with Crippen LogP contribution in [0.25, 0.3) is 27.6 Å². The minimum absolute atomic E-state index is 0. The number of nitrogens with zero attached hydrogens (tertiary/aromatic N) is 4. The molecule has 0 bridgehead atoms. The summed E-state index contributed by atoms with van der Waals surface area (Å²) in [5, 5.41) is 7.69. The molecule has 188 valence electrons. The number of carbonyl (C=O) groups excluding carboxylic acids is 1. The molecule has 5 rings (SSSR count). The molecule has 2 aromatic heterocycles. The van der Waals surface area contributed by atoms with E-state index in [-0.39, 0.29) is 12.9 Å². The highest BCUT2D eigenvalue weighted by Gasteiger charge is 2.26. The number of hydrogen-bond acceptors (Lipinski definition) is 3. The van der Waals surface area contributed by atoms with Crippen LogP contribution in [0.5, 0.6) is 0 Å². The van der Waals surface area contributed by atoms with Gasteiger partial charge in [0.25, 0.3) is 12.3 Å². The van der Waals surface area contributed by atoms with Crippen LogP contribution in [0, 0.1) is 0 Å². The van der Waals surface area contributed by atoms with Crippen LogP contribution >= 0.6 is 0 Å². The zero-order valence-corrected chi connectivity index (χ0v) is 20.9. The van der Waals surface area contributed by atoms with Crippen molar-refractivity contribution in [1.29, 1.82) is 0 Å². The number of fused-ring (bicyclic) bond motifs is 2. The van der Waals surface area contributed by atoms with E-state index in [1.54, 1.807) is 37.2 Å². The third-order valence-electron chi connectivity index (χ3n) is 6.92. The lowest BCUT2D eigenvalue weighted by molar-refractivity contribution is 0.0964. The number of halogens is 2. The second kappa shape index (κ2) is 8.93. The van der Waals surface area contributed by atoms with Crippen LogP contribution in [0.2, 0.25) is 0 Å². The Kier molecular flexibility index (Phi) is 5.90. The molecule has 2 aromatic carbocycles. The van der Waals surface area contributed by atoms with Crippen LogP contribution in [0.4, 0.5) is 20.2 Å². The Morgan fingerprint density at radius 2 is 1.94 bits per heavy atom. The van der Waals surface area contributed by atoms with Crippen LogP contribution in [-0.2, 0) is 20.5 Å². The SMILES string of the molecule is C=C(C)c1cc(N2CCCc3cc(-c4cnn(C)c4)c(C(F)F)cc32)cc2c(C(=O)NC)cn(C)c12.[HH]. The summed E-state index contributed by atoms with van der Waals surface area (Å²) in [5.74, 6) is -0.175. The van der Waals surface area contributed by atoms with Crippen LogP contribution < -0.4 is 10.2 Å². The molecule has 3 heterocycles. The van der Waals surface area contributed by atoms with Gasteiger partial charge in [0, 0.05) is 75.0 Å². The van der Waals surface area contributed by atoms with Gasteiger partial charge in [-0.15, -0.1) is 0 Å². The lowest BCUT2D eigenvalue weighted by Gasteiger charge is -2.33. The molecule has 8 heteroatoms. The first-order chi connectivity index (χ1) is 17.2. The number of nitrogens with one attached hydrogen (secondary N) is 1. The molecule has 0 aliphatic carbocycles. The fourth-order valence-corrected chi connectivity index (χ4v) is 5.24. The molecule has 0 atom stereocenters. The number of rotatable bonds is 5. The Hall–Kier alpha value is -3.94. The van der Waals surface area contributed by atoms with Gasteiger partial charge in [-0.05, 0) is 60.7 Å². The second-order valence-corrected chi connectivity index (χ2v) is 9.43. The standard InChI is InChI=1S/C28H29F2N5O.H2/c1-16(2)20-10-19(11-22-24(28(36)31-3)15-33(4)26(20)22)35-8-6-7-17-9-21(18-13-32-34(5)14-18)23(27(29)30)12-25(17)35;/h9-15,27H,1,6-8H2,2-5H3,(H,31,36);1H. The van der Waals surface area contributed by atoms with Gasteiger partial charge in [0.2, 0.25) is 0 Å². The first-order valence-corrected chi connectivity index (χ1v) is 11.9. The number of aryl methyl sites for hydroxylation is 3. The summed E-state index contributed by atoms with van der Waals surface area (Å²) < 4.78 is 32.1. The van der Waals surface area contributed by atoms with Crippen LogP contribution in [0.1, 0.15) is 48.2 Å². The van der Waals surface area contributed by atoms with Gasteiger partial charge in [0.15, 0.2) is 0 Å². The van der Waals surface area contributed by atoms with Crippen LogP contribution in [-0.4, -0.2) is 33.8 Å². The van der Waals surface area contributed by atoms with Crippen molar-refractivity contribution in [3.8, 4) is 11.1 Å². The Morgan fingerprint density at radius 3 is 2.58 bits per heavy atom. The summed E-state index contributed by atoms with van der Waals surface area (Å²) >= 11 is 0. The van der Waals surface area contributed by atoms with E-state index in [4.69, 9.17) is 0 Å². The first kappa shape index (κ1) is 23.8. The third-order valence-corrected chi connectivity index (χ3v) is 6.92. The predicted molar refractivity (Wildman–Crippen MR) is 142 cm³/mol. The highest BCUT2D eigenvalue weighted by atomic mass is 19.3. The smallest absolute Gasteiger partial charge is 0.264 e. The van der Waals surface area contributed by atoms with Gasteiger partial charge in [-0.1, -0.05) is 6.58 Å². The Morgan fingerprint density at radius 1 is 1.17 bits per heavy atom. The van der Waals surface area contributed by atoms with Gasteiger partial charge < -0.3 is 14.8 Å². The number of allylic oxidation sites excluding steroid dienone is 1. The highest BCUT2D eigenvalue weighted by molar-refractivity contribution is 6.10. The minimum atomic E-state index is -2.63. The monoisotopic (exact) mass is 491 g/mol. The van der Waals surface area contributed by atoms with Crippen molar-refractivity contribution < 1.29 is 15.0 Å². The normalized spacial score (nSPS) is 13.4. The van der Waals surface area contributed by atoms with Crippen molar-refractivity contribution in [2.75, 3.05) is 18.5 Å². The average molecular weight is 492 g/mol. The number of amides is 1. The zero-order chi connectivity index (χ0) is 25.7. The van der Waals surface area contributed by atoms with E-state index < -0.39 is 6.43 Å². The summed E-state index contributed by atoms with van der Waals surface area (Å²) in [6.45, 7) is 6.79. The van der Waals surface area contributed by atoms with Crippen LogP contribution in [0.3, 0.4) is 0 Å². The van der Waals surface area contributed by atoms with Gasteiger partial charge in [-0.2, -0.15) is 5.10 Å². The van der Waals surface area contributed by atoms with Gasteiger partial charge in [-0.3, -0.25) is 9.48 Å². The minimum Gasteiger partial charge on any atom is -0.355 e. The largest absolute Gasteiger partial charge is 0.355 e. The van der Waals surface area contributed by atoms with E-state index in [9.17, 15) is 13.6 Å². The zero-order valence-electron chi connectivity index (χ0n) is 20.9. The van der Waals surface area contributed by atoms with E-state index >= 15 is 0 Å². The molecule has 1 aliphatic rings. The molecular weight excluding hydrogens is 460 g/mol. The van der Waals surface area contributed by atoms with Crippen molar-refractivity contribution in [2.45, 2.75) is 26.2 Å². The number of alkyl halides is 2. The first-order valence-electron chi connectivity index (χ1n) is 11.9. The third kappa shape index (κ3) is 3.86. The Labute approximate surface area is 210 Å². The molecule has 1 N–H and O–H groups in total. The van der Waals surface area contributed by atoms with Gasteiger partial charge in [0.05, 0.1) is 17.3 Å². The predicted octanol–water partition coefficient (Wildman–Crippen LogP) is 6.24. The molecule has 6 nitrogen and oxygen atoms in total. The van der Waals surface area contributed by atoms with Crippen molar-refractivity contribution in [2.24, 2.45) is 14.1 Å². The summed E-state index contributed by atoms with van der Waals surface area (Å²) in [4.78, 5) is 14.7. The summed E-state index contributed by atoms with van der Waals surface area (Å²) in [7, 11) is 5.29. The van der Waals surface area contributed by atoms with Gasteiger partial charge >= 0.3 is 0 Å². The molecule has 4 aromatic rings. The van der Waals surface area contributed by atoms with Crippen molar-refractivity contribution in [3.63, 3.8) is 0 Å². The van der Waals surface area contributed by atoms with E-state index in [2.05, 4.69) is 21.9 Å². The average Bonchev–Trinajstić information content (AvgIpc) is 3.44. The topological polar surface area (TPSA) is 55.1 Å². The maximum absolute atomic E-state index is 14.3.